The number of benzene rings is 2. The van der Waals surface area contributed by atoms with Crippen LogP contribution in [0.15, 0.2) is 48.5 Å². The normalized spacial score (nSPS) is 20.4. The van der Waals surface area contributed by atoms with Crippen LogP contribution in [0.5, 0.6) is 5.75 Å². The fourth-order valence-corrected chi connectivity index (χ4v) is 3.34. The van der Waals surface area contributed by atoms with Crippen molar-refractivity contribution in [3.8, 4) is 5.75 Å². The minimum absolute atomic E-state index is 0.0779. The van der Waals surface area contributed by atoms with E-state index in [0.29, 0.717) is 12.0 Å². The molecule has 1 atom stereocenters. The second-order valence-corrected chi connectivity index (χ2v) is 6.79. The lowest BCUT2D eigenvalue weighted by Crippen LogP contribution is -2.60. The second-order valence-electron chi connectivity index (χ2n) is 6.79. The van der Waals surface area contributed by atoms with Crippen molar-refractivity contribution in [2.75, 3.05) is 14.2 Å². The highest BCUT2D eigenvalue weighted by Gasteiger charge is 2.44. The van der Waals surface area contributed by atoms with Crippen LogP contribution in [0.3, 0.4) is 0 Å². The zero-order valence-electron chi connectivity index (χ0n) is 15.3. The van der Waals surface area contributed by atoms with Gasteiger partial charge in [-0.3, -0.25) is 15.1 Å². The van der Waals surface area contributed by atoms with Crippen molar-refractivity contribution in [2.45, 2.75) is 25.4 Å². The van der Waals surface area contributed by atoms with Crippen LogP contribution in [0.4, 0.5) is 0 Å². The van der Waals surface area contributed by atoms with Gasteiger partial charge in [0.15, 0.2) is 0 Å². The summed E-state index contributed by atoms with van der Waals surface area (Å²) < 4.78 is 5.21. The van der Waals surface area contributed by atoms with Crippen LogP contribution in [0.25, 0.3) is 0 Å². The van der Waals surface area contributed by atoms with Crippen molar-refractivity contribution in [1.29, 1.82) is 5.41 Å². The van der Waals surface area contributed by atoms with Crippen LogP contribution >= 0.6 is 0 Å². The van der Waals surface area contributed by atoms with Crippen molar-refractivity contribution in [3.63, 3.8) is 0 Å². The molecule has 5 nitrogen and oxygen atoms in total. The van der Waals surface area contributed by atoms with Gasteiger partial charge in [0.25, 0.3) is 0 Å². The molecule has 0 aliphatic carbocycles. The van der Waals surface area contributed by atoms with E-state index < -0.39 is 5.54 Å². The minimum atomic E-state index is -0.643. The first-order valence-electron chi connectivity index (χ1n) is 8.47. The minimum Gasteiger partial charge on any atom is -0.497 e. The molecule has 1 unspecified atom stereocenters. The Morgan fingerprint density at radius 2 is 1.92 bits per heavy atom. The molecule has 1 saturated heterocycles. The lowest BCUT2D eigenvalue weighted by molar-refractivity contribution is -0.132. The maximum Gasteiger partial charge on any atom is 0.231 e. The van der Waals surface area contributed by atoms with E-state index in [0.717, 1.165) is 16.9 Å². The number of carbonyl (C=O) groups is 1. The topological polar surface area (TPSA) is 56.6 Å². The number of nitrogens with zero attached hydrogens (tertiary/aromatic N) is 2. The monoisotopic (exact) mass is 347 g/mol. The molecule has 0 bridgehead atoms. The van der Waals surface area contributed by atoms with Crippen LogP contribution in [0, 0.1) is 5.41 Å². The highest BCUT2D eigenvalue weighted by Crippen LogP contribution is 2.37. The molecular formula is C20H22BN3O2. The Bertz CT molecular complexity index is 837. The van der Waals surface area contributed by atoms with Gasteiger partial charge in [-0.05, 0) is 30.2 Å². The molecule has 2 aromatic carbocycles. The van der Waals surface area contributed by atoms with Gasteiger partial charge in [-0.2, -0.15) is 0 Å². The zero-order valence-corrected chi connectivity index (χ0v) is 15.3. The largest absolute Gasteiger partial charge is 0.497 e. The Kier molecular flexibility index (Phi) is 4.76. The molecule has 2 aromatic rings. The van der Waals surface area contributed by atoms with Crippen molar-refractivity contribution < 1.29 is 9.53 Å². The van der Waals surface area contributed by atoms with Crippen LogP contribution < -0.4 is 10.2 Å². The summed E-state index contributed by atoms with van der Waals surface area (Å²) in [6, 6.07) is 15.3. The molecule has 6 heteroatoms. The smallest absolute Gasteiger partial charge is 0.231 e. The molecule has 1 aliphatic rings. The highest BCUT2D eigenvalue weighted by molar-refractivity contribution is 6.32. The fraction of sp³-hybridized carbons (Fsp3) is 0.300. The van der Waals surface area contributed by atoms with E-state index in [9.17, 15) is 4.79 Å². The highest BCUT2D eigenvalue weighted by atomic mass is 16.5. The molecule has 1 amide bonds. The van der Waals surface area contributed by atoms with E-state index in [-0.39, 0.29) is 18.3 Å². The van der Waals surface area contributed by atoms with E-state index in [1.807, 2.05) is 60.4 Å². The van der Waals surface area contributed by atoms with Crippen LogP contribution in [-0.2, 0) is 16.9 Å². The summed E-state index contributed by atoms with van der Waals surface area (Å²) in [5.41, 5.74) is 1.97. The Balaban J connectivity index is 2.01. The third-order valence-electron chi connectivity index (χ3n) is 5.05. The summed E-state index contributed by atoms with van der Waals surface area (Å²) in [5.74, 6) is 0.890. The summed E-state index contributed by atoms with van der Waals surface area (Å²) in [6.07, 6.45) is 0.283. The summed E-state index contributed by atoms with van der Waals surface area (Å²) in [4.78, 5) is 15.8. The number of hydrogen-bond donors (Lipinski definition) is 1. The Labute approximate surface area is 155 Å². The molecule has 3 rings (SSSR count). The van der Waals surface area contributed by atoms with E-state index >= 15 is 0 Å². The van der Waals surface area contributed by atoms with Crippen molar-refractivity contribution >= 4 is 25.2 Å². The van der Waals surface area contributed by atoms with Gasteiger partial charge in [-0.25, -0.2) is 0 Å². The predicted molar refractivity (Wildman–Crippen MR) is 103 cm³/mol. The number of hydrogen-bond acceptors (Lipinski definition) is 3. The van der Waals surface area contributed by atoms with Crippen molar-refractivity contribution in [2.24, 2.45) is 0 Å². The predicted octanol–water partition coefficient (Wildman–Crippen LogP) is 2.00. The van der Waals surface area contributed by atoms with E-state index in [4.69, 9.17) is 18.0 Å². The maximum atomic E-state index is 12.5. The number of nitrogens with one attached hydrogen (secondary N) is 1. The number of methoxy groups -OCH3 is 1. The van der Waals surface area contributed by atoms with Gasteiger partial charge in [0.1, 0.15) is 13.6 Å². The first kappa shape index (κ1) is 18.0. The first-order valence-corrected chi connectivity index (χ1v) is 8.47. The number of guanidine groups is 1. The molecule has 1 N–H and O–H groups in total. The van der Waals surface area contributed by atoms with E-state index in [1.165, 1.54) is 4.90 Å². The fourth-order valence-electron chi connectivity index (χ4n) is 3.34. The number of amides is 1. The lowest BCUT2D eigenvalue weighted by atomic mass is 9.81. The SMILES string of the molecule is [B]c1cccc(C2(C)CC(=O)N(C)C(=N)N2Cc2ccc(OC)cc2)c1. The van der Waals surface area contributed by atoms with Crippen LogP contribution in [0.2, 0.25) is 0 Å². The Hall–Kier alpha value is -2.76. The second kappa shape index (κ2) is 6.86. The standard InChI is InChI=1S/C20H22BN3O2/c1-20(15-5-4-6-16(21)11-15)12-18(25)23(2)19(22)24(20)13-14-7-9-17(26-3)10-8-14/h4-11,22H,12-13H2,1-3H3. The van der Waals surface area contributed by atoms with Gasteiger partial charge >= 0.3 is 0 Å². The molecule has 0 spiro atoms. The van der Waals surface area contributed by atoms with Gasteiger partial charge in [-0.15, -0.1) is 0 Å². The van der Waals surface area contributed by atoms with Gasteiger partial charge < -0.3 is 9.64 Å². The molecule has 1 heterocycles. The third-order valence-corrected chi connectivity index (χ3v) is 5.05. The first-order chi connectivity index (χ1) is 12.3. The Morgan fingerprint density at radius 1 is 1.23 bits per heavy atom. The van der Waals surface area contributed by atoms with Crippen molar-refractivity contribution in [1.82, 2.24) is 9.80 Å². The van der Waals surface area contributed by atoms with Crippen LogP contribution in [0.1, 0.15) is 24.5 Å². The number of ether oxygens (including phenoxy) is 1. The summed E-state index contributed by atoms with van der Waals surface area (Å²) in [7, 11) is 9.24. The third kappa shape index (κ3) is 3.19. The molecule has 0 aromatic heterocycles. The molecule has 2 radical (unpaired) electrons. The summed E-state index contributed by atoms with van der Waals surface area (Å²) in [5, 5.41) is 8.54. The molecule has 132 valence electrons. The molecular weight excluding hydrogens is 325 g/mol. The maximum absolute atomic E-state index is 12.5. The average Bonchev–Trinajstić information content (AvgIpc) is 2.64. The van der Waals surface area contributed by atoms with Gasteiger partial charge in [0.05, 0.1) is 19.1 Å². The molecule has 0 saturated carbocycles. The average molecular weight is 347 g/mol. The quantitative estimate of drug-likeness (QED) is 0.861. The zero-order chi connectivity index (χ0) is 18.9. The molecule has 26 heavy (non-hydrogen) atoms. The molecule has 1 aliphatic heterocycles. The van der Waals surface area contributed by atoms with E-state index in [2.05, 4.69) is 0 Å². The number of rotatable bonds is 4. The summed E-state index contributed by atoms with van der Waals surface area (Å²) >= 11 is 0. The Morgan fingerprint density at radius 3 is 2.54 bits per heavy atom. The molecule has 1 fully saturated rings. The van der Waals surface area contributed by atoms with Crippen molar-refractivity contribution in [3.05, 3.63) is 59.7 Å². The van der Waals surface area contributed by atoms with E-state index in [1.54, 1.807) is 14.2 Å². The van der Waals surface area contributed by atoms with Gasteiger partial charge in [0.2, 0.25) is 11.9 Å². The van der Waals surface area contributed by atoms with Gasteiger partial charge in [0, 0.05) is 13.6 Å². The lowest BCUT2D eigenvalue weighted by Gasteiger charge is -2.49. The number of carbonyl (C=O) groups excluding carboxylic acids is 1. The van der Waals surface area contributed by atoms with Crippen LogP contribution in [-0.4, -0.2) is 43.7 Å². The van der Waals surface area contributed by atoms with Gasteiger partial charge in [-0.1, -0.05) is 41.9 Å². The summed E-state index contributed by atoms with van der Waals surface area (Å²) in [6.45, 7) is 2.50.